The minimum absolute atomic E-state index is 0. The van der Waals surface area contributed by atoms with Gasteiger partial charge >= 0.3 is 7.60 Å². The third-order valence-electron chi connectivity index (χ3n) is 16.9. The minimum Gasteiger partial charge on any atom is -0.508 e. The summed E-state index contributed by atoms with van der Waals surface area (Å²) in [6.07, 6.45) is 16.5. The molecule has 0 radical (unpaired) electrons. The van der Waals surface area contributed by atoms with Crippen molar-refractivity contribution in [3.8, 4) is 28.7 Å². The summed E-state index contributed by atoms with van der Waals surface area (Å²) in [6, 6.07) is 44.1. The average molecular weight is 2100 g/mol. The molecular weight excluding hydrogens is 1980 g/mol. The number of ether oxygens (including phenoxy) is 4. The van der Waals surface area contributed by atoms with Crippen LogP contribution in [0.4, 0.5) is 11.4 Å². The van der Waals surface area contributed by atoms with Crippen molar-refractivity contribution in [2.45, 2.75) is 76.2 Å². The Balaban J connectivity index is 0.000000401. The number of thioether (sulfide) groups is 1. The Morgan fingerprint density at radius 1 is 0.424 bits per heavy atom. The SMILES string of the molecule is C.CCP(C)(=O)CP(C)(C)=O.CCc1cccc(O)c1.CCc1cccc(OCP(C)(=O)CP(C)(C)=O)c1.CCc1cccc(OCP(C)(=O)CP(C)(C)=O)c1.CP(C)(=O)CP(C)(=O)COc1cccc(CSc2nc3ccncc3[nH]2)c1.Nc1ccncc1N.O=S(Cc1cccc(OCP(=O)(O)CP(=O)(O)O)c1)c1nc2ccncc2[nH]1.S=C=S.S=c1[nH]c2ccncc2[nH]1. The van der Waals surface area contributed by atoms with Crippen molar-refractivity contribution in [2.75, 3.05) is 153 Å². The maximum atomic E-state index is 12.6. The smallest absolute Gasteiger partial charge is 0.335 e. The summed E-state index contributed by atoms with van der Waals surface area (Å²) < 4.78 is 155. The summed E-state index contributed by atoms with van der Waals surface area (Å²) in [5, 5.41) is 10.1. The lowest BCUT2D eigenvalue weighted by Gasteiger charge is -2.17. The van der Waals surface area contributed by atoms with Crippen LogP contribution in [-0.2, 0) is 87.2 Å². The van der Waals surface area contributed by atoms with Gasteiger partial charge < -0.3 is 107 Å². The third-order valence-corrected chi connectivity index (χ3v) is 46.9. The second-order valence-electron chi connectivity index (χ2n) is 32.7. The van der Waals surface area contributed by atoms with Crippen LogP contribution in [0.25, 0.3) is 33.1 Å². The molecule has 6 atom stereocenters. The van der Waals surface area contributed by atoms with Crippen LogP contribution < -0.4 is 30.4 Å². The van der Waals surface area contributed by atoms with E-state index < -0.39 is 95.2 Å². The number of nitrogens with zero attached hydrogens (tertiary/aromatic N) is 6. The van der Waals surface area contributed by atoms with E-state index in [-0.39, 0.29) is 55.7 Å². The quantitative estimate of drug-likeness (QED) is 0.0106. The highest BCUT2D eigenvalue weighted by Gasteiger charge is 2.31. The molecule has 0 amide bonds. The number of H-pyrrole nitrogens is 4. The topological polar surface area (TPSA) is 498 Å². The van der Waals surface area contributed by atoms with Crippen molar-refractivity contribution in [3.05, 3.63) is 228 Å². The molecule has 0 fully saturated rings. The highest BCUT2D eigenvalue weighted by Crippen LogP contribution is 2.59. The molecule has 0 saturated carbocycles. The van der Waals surface area contributed by atoms with Gasteiger partial charge in [0.05, 0.1) is 145 Å². The fourth-order valence-electron chi connectivity index (χ4n) is 11.7. The first-order valence-corrected chi connectivity index (χ1v) is 69.0. The van der Waals surface area contributed by atoms with Crippen molar-refractivity contribution in [3.63, 3.8) is 0 Å². The number of imidazole rings is 3. The van der Waals surface area contributed by atoms with Crippen molar-refractivity contribution in [1.82, 2.24) is 49.8 Å². The van der Waals surface area contributed by atoms with Crippen LogP contribution >= 0.6 is 121 Å². The van der Waals surface area contributed by atoms with E-state index in [0.29, 0.717) is 61.5 Å². The normalized spacial score (nSPS) is 13.7. The molecule has 132 heavy (non-hydrogen) atoms. The van der Waals surface area contributed by atoms with Gasteiger partial charge in [0.25, 0.3) is 0 Å². The second kappa shape index (κ2) is 56.5. The van der Waals surface area contributed by atoms with E-state index in [4.69, 9.17) is 57.5 Å². The minimum atomic E-state index is -4.63. The number of hydrogen-bond donors (Lipinski definition) is 10. The Morgan fingerprint density at radius 2 is 0.788 bits per heavy atom. The van der Waals surface area contributed by atoms with Crippen LogP contribution in [0, 0.1) is 4.77 Å². The van der Waals surface area contributed by atoms with Crippen LogP contribution in [-0.4, -0.2) is 219 Å². The number of hydrogen-bond acceptors (Lipinski definition) is 28. The van der Waals surface area contributed by atoms with Gasteiger partial charge in [-0.15, -0.1) is 0 Å². The fraction of sp³-hybridized carbons (Fsp3) is 0.372. The molecule has 6 unspecified atom stereocenters. The first kappa shape index (κ1) is 119. The van der Waals surface area contributed by atoms with Gasteiger partial charge in [-0.1, -0.05) is 108 Å². The van der Waals surface area contributed by atoms with E-state index in [9.17, 15) is 54.8 Å². The van der Waals surface area contributed by atoms with E-state index in [1.807, 2.05) is 108 Å². The molecular formula is C86H126N12O19P10S5. The van der Waals surface area contributed by atoms with E-state index in [0.717, 1.165) is 69.3 Å². The van der Waals surface area contributed by atoms with Gasteiger partial charge in [-0.05, 0) is 255 Å². The summed E-state index contributed by atoms with van der Waals surface area (Å²) in [5.41, 5.74) is 22.2. The van der Waals surface area contributed by atoms with Gasteiger partial charge in [-0.2, -0.15) is 0 Å². The molecule has 7 aromatic heterocycles. The molecule has 0 aliphatic rings. The summed E-state index contributed by atoms with van der Waals surface area (Å²) in [4.78, 5) is 63.9. The zero-order valence-electron chi connectivity index (χ0n) is 76.3. The number of fused-ring (bicyclic) bond motifs is 3. The molecule has 12 N–H and O–H groups in total. The number of benzene rings is 5. The first-order valence-electron chi connectivity index (χ1n) is 40.4. The van der Waals surface area contributed by atoms with Crippen LogP contribution in [0.5, 0.6) is 28.7 Å². The Morgan fingerprint density at radius 3 is 1.17 bits per heavy atom. The number of aryl methyl sites for hydroxylation is 3. The number of pyridine rings is 4. The monoisotopic (exact) mass is 2100 g/mol. The molecule has 0 aliphatic carbocycles. The average Bonchev–Trinajstić information content (AvgIpc) is 1.68. The number of phenols is 1. The number of nitrogen functional groups attached to an aromatic ring is 2. The van der Waals surface area contributed by atoms with E-state index in [1.54, 1.807) is 178 Å². The lowest BCUT2D eigenvalue weighted by molar-refractivity contribution is 0.345. The molecule has 0 spiro atoms. The first-order chi connectivity index (χ1) is 60.9. The third kappa shape index (κ3) is 52.2. The molecule has 12 aromatic rings. The lowest BCUT2D eigenvalue weighted by Crippen LogP contribution is -2.03. The zero-order valence-corrected chi connectivity index (χ0v) is 89.4. The predicted octanol–water partition coefficient (Wildman–Crippen LogP) is 23.5. The summed E-state index contributed by atoms with van der Waals surface area (Å²) in [6.45, 7) is 28.2. The van der Waals surface area contributed by atoms with Crippen molar-refractivity contribution in [2.24, 2.45) is 0 Å². The number of nitrogens with one attached hydrogen (secondary N) is 4. The van der Waals surface area contributed by atoms with Gasteiger partial charge in [0.15, 0.2) is 21.4 Å². The molecule has 0 bridgehead atoms. The summed E-state index contributed by atoms with van der Waals surface area (Å²) in [7, 11) is -28.8. The number of rotatable bonds is 32. The van der Waals surface area contributed by atoms with Crippen molar-refractivity contribution in [1.29, 1.82) is 0 Å². The number of aromatic nitrogens is 10. The molecule has 0 saturated heterocycles. The van der Waals surface area contributed by atoms with Gasteiger partial charge in [-0.25, -0.2) is 9.97 Å². The number of aromatic hydroxyl groups is 1. The van der Waals surface area contributed by atoms with E-state index >= 15 is 0 Å². The standard InChI is InChI=1S/C18H23N3O3P2S.C15H17N3O7P2S.2C13H22O3P2.C8H10O.C6H5N3S.C6H16O2P2.C5H7N3.CS2.CH4/c1-25(2,22)13-26(3,23)12-24-15-6-4-5-14(9-15)11-27-18-20-16-7-8-19-10-17(16)21-18;19-26(20,10-27(21,22)23)9-25-12-3-1-2-11(6-12)8-28(24)15-17-13-4-5-16-7-14(13)18-15;2*1-5-12-7-6-8-13(9-12)16-10-18(4,15)11-17(2,3)14;1-2-7-4-3-5-8(9)6-7;10-6-8-4-1-2-7-3-5(4)9-6;1-5-10(4,8)6-9(2,3)7;6-4-1-2-8-3-5(4)7;2-1-3;/h4-10H,11-13H2,1-3H3,(H,20,21);1-7H,8-10H2,(H,17,18)(H,19,20)(H2,21,22,23);2*6-9H,5,10-11H2,1-4H3;3-6,9H,2H2,1H3;1-3H,(H2,8,9,10);5-6H2,1-4H3;1-3H,7H2,(H2,6,8);;1H4. The summed E-state index contributed by atoms with van der Waals surface area (Å²) in [5.74, 6) is 3.64. The largest absolute Gasteiger partial charge is 0.508 e. The highest BCUT2D eigenvalue weighted by atomic mass is 32.2. The fourth-order valence-corrected chi connectivity index (χ4v) is 42.9. The van der Waals surface area contributed by atoms with E-state index in [1.165, 1.54) is 29.0 Å². The molecule has 5 aromatic carbocycles. The maximum absolute atomic E-state index is 12.6. The van der Waals surface area contributed by atoms with Crippen LogP contribution in [0.2, 0.25) is 0 Å². The van der Waals surface area contributed by atoms with Gasteiger partial charge in [0, 0.05) is 34.9 Å². The Bertz CT molecular complexity index is 6100. The molecule has 724 valence electrons. The van der Waals surface area contributed by atoms with Crippen molar-refractivity contribution >= 4 is 180 Å². The van der Waals surface area contributed by atoms with Crippen LogP contribution in [0.1, 0.15) is 62.9 Å². The molecule has 0 aliphatic heterocycles. The summed E-state index contributed by atoms with van der Waals surface area (Å²) >= 11 is 14.4. The molecule has 7 heterocycles. The molecule has 31 nitrogen and oxygen atoms in total. The number of phenolic OH excluding ortho intramolecular Hbond substituents is 1. The van der Waals surface area contributed by atoms with Crippen molar-refractivity contribution < 1.29 is 88.6 Å². The predicted molar refractivity (Wildman–Crippen MR) is 561 cm³/mol. The van der Waals surface area contributed by atoms with E-state index in [2.05, 4.69) is 95.0 Å². The lowest BCUT2D eigenvalue weighted by atomic mass is 10.2. The maximum Gasteiger partial charge on any atom is 0.335 e. The van der Waals surface area contributed by atoms with Gasteiger partial charge in [-0.3, -0.25) is 33.3 Å². The number of anilines is 2. The van der Waals surface area contributed by atoms with Gasteiger partial charge in [0.1, 0.15) is 75.1 Å². The number of nitrogens with two attached hydrogens (primary N) is 2. The number of aromatic amines is 4. The molecule has 12 rings (SSSR count). The molecule has 46 heteroatoms. The zero-order chi connectivity index (χ0) is 98.2. The van der Waals surface area contributed by atoms with Crippen LogP contribution in [0.15, 0.2) is 205 Å². The Labute approximate surface area is 797 Å². The Kier molecular flexibility index (Phi) is 50.9. The second-order valence-corrected chi connectivity index (χ2v) is 69.4. The number of thiocarbonyl (C=S) groups is 2. The van der Waals surface area contributed by atoms with Crippen LogP contribution in [0.3, 0.4) is 0 Å². The van der Waals surface area contributed by atoms with Gasteiger partial charge in [0.2, 0.25) is 7.37 Å². The Hall–Kier alpha value is -7.17. The highest BCUT2D eigenvalue weighted by molar-refractivity contribution is 7.98.